The number of anilines is 2. The first-order chi connectivity index (χ1) is 17.1. The molecule has 5 rings (SSSR count). The first-order valence-electron chi connectivity index (χ1n) is 11.9. The molecule has 1 fully saturated rings. The summed E-state index contributed by atoms with van der Waals surface area (Å²) in [4.78, 5) is 21.3. The summed E-state index contributed by atoms with van der Waals surface area (Å²) in [6, 6.07) is 9.93. The van der Waals surface area contributed by atoms with Crippen LogP contribution < -0.4 is 16.0 Å². The van der Waals surface area contributed by atoms with Crippen LogP contribution in [0.4, 0.5) is 16.4 Å². The van der Waals surface area contributed by atoms with Crippen molar-refractivity contribution >= 4 is 29.3 Å². The predicted octanol–water partition coefficient (Wildman–Crippen LogP) is 5.50. The van der Waals surface area contributed by atoms with Gasteiger partial charge in [-0.15, -0.1) is 0 Å². The number of nitrogens with one attached hydrogen (secondary N) is 3. The Hall–Kier alpha value is -3.65. The lowest BCUT2D eigenvalue weighted by atomic mass is 9.96. The van der Waals surface area contributed by atoms with Gasteiger partial charge in [0.25, 0.3) is 0 Å². The van der Waals surface area contributed by atoms with Crippen LogP contribution in [0.25, 0.3) is 5.82 Å². The van der Waals surface area contributed by atoms with E-state index in [1.54, 1.807) is 29.3 Å². The maximum Gasteiger partial charge on any atom is 0.319 e. The lowest BCUT2D eigenvalue weighted by Gasteiger charge is -2.18. The molecule has 0 radical (unpaired) electrons. The normalized spacial score (nSPS) is 17.7. The fourth-order valence-corrected chi connectivity index (χ4v) is 4.74. The van der Waals surface area contributed by atoms with Crippen LogP contribution in [0.5, 0.6) is 0 Å². The van der Waals surface area contributed by atoms with Crippen molar-refractivity contribution in [1.82, 2.24) is 25.1 Å². The standard InChI is InChI=1S/C26H28ClN7O/c27-22-10-3-4-11-23(22)32-25-28-13-12-24(33-25)34-17-21(16-30-34)31-26(35)29-15-18-6-5-9-20(14-18)19-7-1-2-8-19/h3-6,9-10,12-14,16-17,19,23H,1-2,7-8,11,15H2,(H,28,32,33)(H2,29,31,35). The van der Waals surface area contributed by atoms with Crippen LogP contribution >= 0.6 is 11.6 Å². The van der Waals surface area contributed by atoms with Crippen molar-refractivity contribution in [2.45, 2.75) is 50.6 Å². The summed E-state index contributed by atoms with van der Waals surface area (Å²) >= 11 is 6.27. The number of hydrogen-bond donors (Lipinski definition) is 3. The summed E-state index contributed by atoms with van der Waals surface area (Å²) in [5.41, 5.74) is 3.05. The second-order valence-electron chi connectivity index (χ2n) is 8.86. The number of allylic oxidation sites excluding steroid dienone is 2. The molecule has 2 aliphatic rings. The minimum atomic E-state index is -0.285. The third-order valence-corrected chi connectivity index (χ3v) is 6.74. The highest BCUT2D eigenvalue weighted by Crippen LogP contribution is 2.34. The third-order valence-electron chi connectivity index (χ3n) is 6.35. The molecule has 2 heterocycles. The molecular weight excluding hydrogens is 462 g/mol. The highest BCUT2D eigenvalue weighted by molar-refractivity contribution is 6.30. The summed E-state index contributed by atoms with van der Waals surface area (Å²) < 4.78 is 1.59. The third kappa shape index (κ3) is 5.89. The molecule has 3 aromatic rings. The Labute approximate surface area is 209 Å². The van der Waals surface area contributed by atoms with Gasteiger partial charge in [-0.2, -0.15) is 10.1 Å². The van der Waals surface area contributed by atoms with E-state index in [9.17, 15) is 4.79 Å². The van der Waals surface area contributed by atoms with Gasteiger partial charge in [0.1, 0.15) is 0 Å². The van der Waals surface area contributed by atoms with Gasteiger partial charge in [0.15, 0.2) is 5.82 Å². The van der Waals surface area contributed by atoms with Gasteiger partial charge >= 0.3 is 6.03 Å². The second kappa shape index (κ2) is 10.7. The molecular formula is C26H28ClN7O. The van der Waals surface area contributed by atoms with E-state index >= 15 is 0 Å². The van der Waals surface area contributed by atoms with Crippen molar-refractivity contribution in [1.29, 1.82) is 0 Å². The van der Waals surface area contributed by atoms with Crippen molar-refractivity contribution in [3.8, 4) is 5.82 Å². The van der Waals surface area contributed by atoms with Gasteiger partial charge in [-0.3, -0.25) is 0 Å². The molecule has 180 valence electrons. The number of carbonyl (C=O) groups excluding carboxylic acids is 1. The average Bonchev–Trinajstić information content (AvgIpc) is 3.58. The molecule has 1 unspecified atom stereocenters. The molecule has 0 saturated heterocycles. The molecule has 1 atom stereocenters. The number of urea groups is 1. The summed E-state index contributed by atoms with van der Waals surface area (Å²) in [5.74, 6) is 1.68. The van der Waals surface area contributed by atoms with Gasteiger partial charge in [-0.25, -0.2) is 14.5 Å². The highest BCUT2D eigenvalue weighted by atomic mass is 35.5. The second-order valence-corrected chi connectivity index (χ2v) is 9.29. The van der Waals surface area contributed by atoms with Crippen molar-refractivity contribution in [3.05, 3.63) is 83.3 Å². The first-order valence-corrected chi connectivity index (χ1v) is 12.3. The van der Waals surface area contributed by atoms with Crippen molar-refractivity contribution in [3.63, 3.8) is 0 Å². The number of amides is 2. The SMILES string of the molecule is O=C(NCc1cccc(C2CCCC2)c1)Nc1cnn(-c2ccnc(NC3CC=CC=C3Cl)n2)c1. The van der Waals surface area contributed by atoms with Crippen LogP contribution in [-0.2, 0) is 6.54 Å². The van der Waals surface area contributed by atoms with Gasteiger partial charge in [-0.1, -0.05) is 60.9 Å². The summed E-state index contributed by atoms with van der Waals surface area (Å²) in [5, 5.41) is 14.0. The van der Waals surface area contributed by atoms with Crippen LogP contribution in [0.1, 0.15) is 49.1 Å². The van der Waals surface area contributed by atoms with E-state index in [0.29, 0.717) is 34.9 Å². The average molecular weight is 490 g/mol. The smallest absolute Gasteiger partial charge is 0.319 e. The fourth-order valence-electron chi connectivity index (χ4n) is 4.52. The molecule has 1 aromatic carbocycles. The van der Waals surface area contributed by atoms with E-state index < -0.39 is 0 Å². The Kier molecular flexibility index (Phi) is 7.09. The van der Waals surface area contributed by atoms with E-state index in [4.69, 9.17) is 11.6 Å². The minimum Gasteiger partial charge on any atom is -0.346 e. The van der Waals surface area contributed by atoms with Crippen LogP contribution in [0.3, 0.4) is 0 Å². The molecule has 8 nitrogen and oxygen atoms in total. The van der Waals surface area contributed by atoms with E-state index in [-0.39, 0.29) is 12.1 Å². The number of nitrogens with zero attached hydrogens (tertiary/aromatic N) is 4. The van der Waals surface area contributed by atoms with Crippen LogP contribution in [0.15, 0.2) is 72.2 Å². The zero-order chi connectivity index (χ0) is 24.0. The molecule has 2 amide bonds. The Morgan fingerprint density at radius 3 is 2.94 bits per heavy atom. The molecule has 3 N–H and O–H groups in total. The van der Waals surface area contributed by atoms with E-state index in [2.05, 4.69) is 49.2 Å². The number of carbonyl (C=O) groups is 1. The number of hydrogen-bond acceptors (Lipinski definition) is 5. The summed E-state index contributed by atoms with van der Waals surface area (Å²) in [6.45, 7) is 0.467. The quantitative estimate of drug-likeness (QED) is 0.407. The van der Waals surface area contributed by atoms with E-state index in [1.807, 2.05) is 24.3 Å². The number of halogens is 1. The topological polar surface area (TPSA) is 96.8 Å². The van der Waals surface area contributed by atoms with Gasteiger partial charge in [0.2, 0.25) is 5.95 Å². The van der Waals surface area contributed by atoms with Gasteiger partial charge in [0.05, 0.1) is 24.1 Å². The molecule has 1 saturated carbocycles. The lowest BCUT2D eigenvalue weighted by molar-refractivity contribution is 0.251. The molecule has 2 aliphatic carbocycles. The predicted molar refractivity (Wildman–Crippen MR) is 138 cm³/mol. The van der Waals surface area contributed by atoms with Gasteiger partial charge < -0.3 is 16.0 Å². The summed E-state index contributed by atoms with van der Waals surface area (Å²) in [7, 11) is 0. The molecule has 0 aliphatic heterocycles. The Bertz CT molecular complexity index is 1250. The van der Waals surface area contributed by atoms with Crippen LogP contribution in [0, 0.1) is 0 Å². The molecule has 0 bridgehead atoms. The van der Waals surface area contributed by atoms with Crippen molar-refractivity contribution < 1.29 is 4.79 Å². The zero-order valence-electron chi connectivity index (χ0n) is 19.3. The van der Waals surface area contributed by atoms with E-state index in [0.717, 1.165) is 12.0 Å². The Morgan fingerprint density at radius 2 is 2.09 bits per heavy atom. The monoisotopic (exact) mass is 489 g/mol. The van der Waals surface area contributed by atoms with Gasteiger partial charge in [0, 0.05) is 23.8 Å². The zero-order valence-corrected chi connectivity index (χ0v) is 20.1. The van der Waals surface area contributed by atoms with Crippen molar-refractivity contribution in [2.75, 3.05) is 10.6 Å². The Balaban J connectivity index is 1.16. The fraction of sp³-hybridized carbons (Fsp3) is 0.308. The molecule has 9 heteroatoms. The minimum absolute atomic E-state index is 0.0608. The molecule has 0 spiro atoms. The van der Waals surface area contributed by atoms with Crippen LogP contribution in [-0.4, -0.2) is 31.8 Å². The first kappa shape index (κ1) is 23.1. The maximum absolute atomic E-state index is 12.5. The number of rotatable bonds is 7. The van der Waals surface area contributed by atoms with Crippen LogP contribution in [0.2, 0.25) is 0 Å². The highest BCUT2D eigenvalue weighted by Gasteiger charge is 2.17. The lowest BCUT2D eigenvalue weighted by Crippen LogP contribution is -2.28. The Morgan fingerprint density at radius 1 is 1.20 bits per heavy atom. The summed E-state index contributed by atoms with van der Waals surface area (Å²) in [6.07, 6.45) is 16.7. The van der Waals surface area contributed by atoms with Gasteiger partial charge in [-0.05, 0) is 42.4 Å². The number of aromatic nitrogens is 4. The van der Waals surface area contributed by atoms with E-state index in [1.165, 1.54) is 31.2 Å². The largest absolute Gasteiger partial charge is 0.346 e. The molecule has 35 heavy (non-hydrogen) atoms. The molecule has 2 aromatic heterocycles. The number of benzene rings is 1. The van der Waals surface area contributed by atoms with Crippen molar-refractivity contribution in [2.24, 2.45) is 0 Å². The maximum atomic E-state index is 12.5.